The van der Waals surface area contributed by atoms with Crippen molar-refractivity contribution in [2.75, 3.05) is 6.61 Å². The maximum atomic E-state index is 10.9. The number of rotatable bonds is 1. The second kappa shape index (κ2) is 2.79. The summed E-state index contributed by atoms with van der Waals surface area (Å²) in [6.07, 6.45) is 0.948. The van der Waals surface area contributed by atoms with Gasteiger partial charge in [-0.1, -0.05) is 0 Å². The number of fused-ring (bicyclic) bond motifs is 1. The summed E-state index contributed by atoms with van der Waals surface area (Å²) in [5, 5.41) is 3.61. The summed E-state index contributed by atoms with van der Waals surface area (Å²) in [5.41, 5.74) is 0. The lowest BCUT2D eigenvalue weighted by molar-refractivity contribution is -0.123. The molecule has 0 fully saturated rings. The van der Waals surface area contributed by atoms with Crippen LogP contribution in [0.15, 0.2) is 11.1 Å². The van der Waals surface area contributed by atoms with Gasteiger partial charge in [0.2, 0.25) is 5.88 Å². The molecule has 0 saturated carbocycles. The molecular weight excluding hydrogens is 212 g/mol. The maximum Gasteiger partial charge on any atom is 0.301 e. The Bertz CT molecular complexity index is 488. The van der Waals surface area contributed by atoms with Gasteiger partial charge < -0.3 is 4.74 Å². The summed E-state index contributed by atoms with van der Waals surface area (Å²) >= 11 is 0. The lowest BCUT2D eigenvalue weighted by Crippen LogP contribution is -2.26. The molecule has 1 aliphatic heterocycles. The van der Waals surface area contributed by atoms with Crippen LogP contribution in [0.2, 0.25) is 0 Å². The van der Waals surface area contributed by atoms with Crippen LogP contribution < -0.4 is 4.74 Å². The minimum atomic E-state index is -4.34. The predicted molar refractivity (Wildman–Crippen MR) is 42.5 cm³/mol. The molecule has 1 N–H and O–H groups in total. The molecule has 0 spiro atoms. The Labute approximate surface area is 79.0 Å². The normalized spacial score (nSPS) is 16.2. The van der Waals surface area contributed by atoms with Crippen LogP contribution >= 0.6 is 0 Å². The molecule has 2 heterocycles. The third-order valence-electron chi connectivity index (χ3n) is 1.73. The fourth-order valence-electron chi connectivity index (χ4n) is 1.15. The van der Waals surface area contributed by atoms with E-state index in [1.54, 1.807) is 0 Å². The third kappa shape index (κ3) is 1.38. The number of hydrogen-bond acceptors (Lipinski definition) is 5. The van der Waals surface area contributed by atoms with E-state index in [0.717, 1.165) is 10.9 Å². The summed E-state index contributed by atoms with van der Waals surface area (Å²) < 4.78 is 36.3. The Kier molecular flexibility index (Phi) is 1.82. The van der Waals surface area contributed by atoms with Crippen LogP contribution in [0.4, 0.5) is 0 Å². The molecule has 1 aromatic rings. The van der Waals surface area contributed by atoms with E-state index in [4.69, 9.17) is 9.29 Å². The first-order chi connectivity index (χ1) is 6.48. The number of ketones is 1. The fourth-order valence-corrected chi connectivity index (χ4v) is 1.72. The number of Topliss-reactive ketones (excluding diaryl/α,β-unsaturated/α-hetero) is 1. The second-order valence-corrected chi connectivity index (χ2v) is 4.16. The van der Waals surface area contributed by atoms with Gasteiger partial charge in [-0.3, -0.25) is 9.35 Å². The average molecular weight is 218 g/mol. The van der Waals surface area contributed by atoms with Crippen LogP contribution in [-0.4, -0.2) is 35.1 Å². The number of nitrogens with zero attached hydrogens (tertiary/aromatic N) is 2. The molecule has 2 rings (SSSR count). The van der Waals surface area contributed by atoms with Crippen LogP contribution in [0.1, 0.15) is 0 Å². The molecule has 1 aliphatic rings. The van der Waals surface area contributed by atoms with Crippen molar-refractivity contribution in [1.29, 1.82) is 0 Å². The van der Waals surface area contributed by atoms with E-state index in [-0.39, 0.29) is 24.8 Å². The second-order valence-electron chi connectivity index (χ2n) is 2.77. The first-order valence-corrected chi connectivity index (χ1v) is 5.10. The molecular formula is C6H6N2O5S. The van der Waals surface area contributed by atoms with E-state index in [1.165, 1.54) is 0 Å². The predicted octanol–water partition coefficient (Wildman–Crippen LogP) is -0.909. The van der Waals surface area contributed by atoms with E-state index in [9.17, 15) is 13.2 Å². The molecule has 0 amide bonds. The zero-order chi connectivity index (χ0) is 10.3. The summed E-state index contributed by atoms with van der Waals surface area (Å²) in [5.74, 6) is -0.297. The van der Waals surface area contributed by atoms with Crippen molar-refractivity contribution in [3.63, 3.8) is 0 Å². The van der Waals surface area contributed by atoms with Crippen molar-refractivity contribution in [3.8, 4) is 5.88 Å². The number of carbonyl (C=O) groups excluding carboxylic acids is 1. The number of aromatic nitrogens is 2. The molecule has 76 valence electrons. The van der Waals surface area contributed by atoms with Gasteiger partial charge in [-0.05, 0) is 0 Å². The van der Waals surface area contributed by atoms with E-state index >= 15 is 0 Å². The SMILES string of the molecule is O=C1COc2c(S(=O)(=O)O)cnn2C1. The summed E-state index contributed by atoms with van der Waals surface area (Å²) in [6.45, 7) is -0.237. The number of ether oxygens (including phenoxy) is 1. The van der Waals surface area contributed by atoms with Gasteiger partial charge in [-0.2, -0.15) is 13.5 Å². The van der Waals surface area contributed by atoms with Crippen LogP contribution in [-0.2, 0) is 21.5 Å². The molecule has 1 aromatic heterocycles. The van der Waals surface area contributed by atoms with E-state index in [0.29, 0.717) is 0 Å². The molecule has 0 radical (unpaired) electrons. The standard InChI is InChI=1S/C6H6N2O5S/c9-4-2-8-6(13-3-4)5(1-7-8)14(10,11)12/h1H,2-3H2,(H,10,11,12). The minimum absolute atomic E-state index is 0.0369. The zero-order valence-corrected chi connectivity index (χ0v) is 7.69. The maximum absolute atomic E-state index is 10.9. The highest BCUT2D eigenvalue weighted by molar-refractivity contribution is 7.86. The van der Waals surface area contributed by atoms with Gasteiger partial charge in [-0.25, -0.2) is 4.68 Å². The molecule has 7 nitrogen and oxygen atoms in total. The Morgan fingerprint density at radius 1 is 1.57 bits per heavy atom. The fraction of sp³-hybridized carbons (Fsp3) is 0.333. The van der Waals surface area contributed by atoms with Crippen LogP contribution in [0.25, 0.3) is 0 Å². The molecule has 0 bridgehead atoms. The van der Waals surface area contributed by atoms with Gasteiger partial charge in [0.05, 0.1) is 6.20 Å². The summed E-state index contributed by atoms with van der Waals surface area (Å²) in [6, 6.07) is 0. The highest BCUT2D eigenvalue weighted by Gasteiger charge is 2.27. The van der Waals surface area contributed by atoms with E-state index in [2.05, 4.69) is 5.10 Å². The first-order valence-electron chi connectivity index (χ1n) is 3.66. The van der Waals surface area contributed by atoms with Gasteiger partial charge in [0.25, 0.3) is 0 Å². The topological polar surface area (TPSA) is 98.5 Å². The molecule has 0 aliphatic carbocycles. The first kappa shape index (κ1) is 9.16. The zero-order valence-electron chi connectivity index (χ0n) is 6.87. The molecule has 0 atom stereocenters. The lowest BCUT2D eigenvalue weighted by atomic mass is 10.4. The van der Waals surface area contributed by atoms with Gasteiger partial charge in [-0.15, -0.1) is 0 Å². The average Bonchev–Trinajstić information content (AvgIpc) is 2.45. The molecule has 14 heavy (non-hydrogen) atoms. The largest absolute Gasteiger partial charge is 0.469 e. The Morgan fingerprint density at radius 3 is 2.93 bits per heavy atom. The smallest absolute Gasteiger partial charge is 0.301 e. The van der Waals surface area contributed by atoms with Crippen molar-refractivity contribution in [3.05, 3.63) is 6.20 Å². The van der Waals surface area contributed by atoms with E-state index < -0.39 is 15.0 Å². The highest BCUT2D eigenvalue weighted by atomic mass is 32.2. The quantitative estimate of drug-likeness (QED) is 0.613. The minimum Gasteiger partial charge on any atom is -0.469 e. The molecule has 0 aromatic carbocycles. The van der Waals surface area contributed by atoms with Gasteiger partial charge in [0.1, 0.15) is 6.54 Å². The Morgan fingerprint density at radius 2 is 2.29 bits per heavy atom. The highest BCUT2D eigenvalue weighted by Crippen LogP contribution is 2.25. The Balaban J connectivity index is 2.54. The van der Waals surface area contributed by atoms with Crippen LogP contribution in [0, 0.1) is 0 Å². The van der Waals surface area contributed by atoms with Crippen molar-refractivity contribution >= 4 is 15.9 Å². The monoisotopic (exact) mass is 218 g/mol. The lowest BCUT2D eigenvalue weighted by Gasteiger charge is -2.14. The molecule has 0 saturated heterocycles. The molecule has 0 unspecified atom stereocenters. The van der Waals surface area contributed by atoms with E-state index in [1.807, 2.05) is 0 Å². The third-order valence-corrected chi connectivity index (χ3v) is 2.57. The summed E-state index contributed by atoms with van der Waals surface area (Å²) in [4.78, 5) is 10.5. The van der Waals surface area contributed by atoms with Gasteiger partial charge >= 0.3 is 10.1 Å². The number of carbonyl (C=O) groups is 1. The van der Waals surface area contributed by atoms with Gasteiger partial charge in [0, 0.05) is 0 Å². The van der Waals surface area contributed by atoms with Crippen LogP contribution in [0.5, 0.6) is 5.88 Å². The summed E-state index contributed by atoms with van der Waals surface area (Å²) in [7, 11) is -4.34. The molecule has 8 heteroatoms. The van der Waals surface area contributed by atoms with Crippen molar-refractivity contribution in [1.82, 2.24) is 9.78 Å². The van der Waals surface area contributed by atoms with Crippen molar-refractivity contribution < 1.29 is 22.5 Å². The number of hydrogen-bond donors (Lipinski definition) is 1. The van der Waals surface area contributed by atoms with Gasteiger partial charge in [0.15, 0.2) is 17.3 Å². The van der Waals surface area contributed by atoms with Crippen molar-refractivity contribution in [2.24, 2.45) is 0 Å². The van der Waals surface area contributed by atoms with Crippen molar-refractivity contribution in [2.45, 2.75) is 11.4 Å². The van der Waals surface area contributed by atoms with Crippen LogP contribution in [0.3, 0.4) is 0 Å². The Hall–Kier alpha value is -1.41.